The van der Waals surface area contributed by atoms with E-state index in [1.54, 1.807) is 34.6 Å². The lowest BCUT2D eigenvalue weighted by Crippen LogP contribution is -2.45. The fourth-order valence-corrected chi connectivity index (χ4v) is 2.22. The van der Waals surface area contributed by atoms with Crippen LogP contribution in [0.15, 0.2) is 0 Å². The lowest BCUT2D eigenvalue weighted by molar-refractivity contribution is -0.152. The molecule has 1 heterocycles. The number of nitrogens with zero attached hydrogens (tertiary/aromatic N) is 1. The van der Waals surface area contributed by atoms with Gasteiger partial charge in [-0.25, -0.2) is 14.4 Å². The predicted octanol–water partition coefficient (Wildman–Crippen LogP) is 1.67. The number of ether oxygens (including phenoxy) is 3. The zero-order valence-corrected chi connectivity index (χ0v) is 14.5. The fourth-order valence-electron chi connectivity index (χ4n) is 2.22. The second kappa shape index (κ2) is 7.52. The molecule has 1 aliphatic heterocycles. The van der Waals surface area contributed by atoms with E-state index in [0.717, 1.165) is 0 Å². The van der Waals surface area contributed by atoms with Gasteiger partial charge in [0.05, 0.1) is 19.3 Å². The second-order valence-electron chi connectivity index (χ2n) is 6.70. The average molecular weight is 330 g/mol. The van der Waals surface area contributed by atoms with Gasteiger partial charge in [0.2, 0.25) is 0 Å². The first-order chi connectivity index (χ1) is 10.5. The summed E-state index contributed by atoms with van der Waals surface area (Å²) in [4.78, 5) is 37.2. The highest BCUT2D eigenvalue weighted by Crippen LogP contribution is 2.23. The van der Waals surface area contributed by atoms with Gasteiger partial charge >= 0.3 is 18.2 Å². The maximum absolute atomic E-state index is 12.3. The Bertz CT molecular complexity index is 457. The third-order valence-corrected chi connectivity index (χ3v) is 3.06. The molecule has 2 amide bonds. The number of likely N-dealkylation sites (tertiary alicyclic amines) is 1. The Morgan fingerprint density at radius 2 is 1.83 bits per heavy atom. The van der Waals surface area contributed by atoms with Crippen molar-refractivity contribution in [3.63, 3.8) is 0 Å². The van der Waals surface area contributed by atoms with Crippen LogP contribution in [0.1, 0.15) is 41.0 Å². The third-order valence-electron chi connectivity index (χ3n) is 3.06. The van der Waals surface area contributed by atoms with Crippen molar-refractivity contribution in [1.82, 2.24) is 10.2 Å². The minimum Gasteiger partial charge on any atom is -0.461 e. The summed E-state index contributed by atoms with van der Waals surface area (Å²) in [5, 5.41) is 2.60. The first-order valence-electron chi connectivity index (χ1n) is 7.58. The SMILES string of the molecule is COC(=O)N[C@@H]1C[C@@H](C(=O)OC(C)C)N(C(=O)OC(C)(C)C)C1. The summed E-state index contributed by atoms with van der Waals surface area (Å²) in [6.07, 6.45) is -1.27. The van der Waals surface area contributed by atoms with E-state index in [-0.39, 0.29) is 19.1 Å². The van der Waals surface area contributed by atoms with E-state index >= 15 is 0 Å². The van der Waals surface area contributed by atoms with Gasteiger partial charge in [0.1, 0.15) is 11.6 Å². The zero-order valence-electron chi connectivity index (χ0n) is 14.5. The summed E-state index contributed by atoms with van der Waals surface area (Å²) in [6.45, 7) is 8.84. The smallest absolute Gasteiger partial charge is 0.411 e. The van der Waals surface area contributed by atoms with E-state index < -0.39 is 35.8 Å². The number of esters is 1. The summed E-state index contributed by atoms with van der Waals surface area (Å²) in [5.74, 6) is -0.514. The van der Waals surface area contributed by atoms with Crippen molar-refractivity contribution < 1.29 is 28.6 Å². The Balaban J connectivity index is 2.85. The number of hydrogen-bond acceptors (Lipinski definition) is 6. The molecule has 0 saturated carbocycles. The van der Waals surface area contributed by atoms with Crippen molar-refractivity contribution >= 4 is 18.2 Å². The van der Waals surface area contributed by atoms with Crippen molar-refractivity contribution in [2.45, 2.75) is 64.8 Å². The molecule has 8 nitrogen and oxygen atoms in total. The van der Waals surface area contributed by atoms with Gasteiger partial charge < -0.3 is 19.5 Å². The highest BCUT2D eigenvalue weighted by atomic mass is 16.6. The predicted molar refractivity (Wildman–Crippen MR) is 81.9 cm³/mol. The minimum absolute atomic E-state index is 0.155. The standard InChI is InChI=1S/C15H26N2O6/c1-9(2)22-12(18)11-7-10(16-13(19)21-6)8-17(11)14(20)23-15(3,4)5/h9-11H,7-8H2,1-6H3,(H,16,19)/t10-,11+/m1/s1. The van der Waals surface area contributed by atoms with Crippen LogP contribution < -0.4 is 5.32 Å². The highest BCUT2D eigenvalue weighted by molar-refractivity contribution is 5.83. The molecule has 0 unspecified atom stereocenters. The van der Waals surface area contributed by atoms with E-state index in [1.807, 2.05) is 0 Å². The fraction of sp³-hybridized carbons (Fsp3) is 0.800. The topological polar surface area (TPSA) is 94.2 Å². The van der Waals surface area contributed by atoms with Crippen molar-refractivity contribution in [3.8, 4) is 0 Å². The molecular formula is C15H26N2O6. The molecular weight excluding hydrogens is 304 g/mol. The largest absolute Gasteiger partial charge is 0.461 e. The lowest BCUT2D eigenvalue weighted by atomic mass is 10.1. The van der Waals surface area contributed by atoms with Crippen LogP contribution in [-0.4, -0.2) is 60.5 Å². The lowest BCUT2D eigenvalue weighted by Gasteiger charge is -2.27. The maximum Gasteiger partial charge on any atom is 0.411 e. The third kappa shape index (κ3) is 5.96. The van der Waals surface area contributed by atoms with Crippen molar-refractivity contribution in [2.75, 3.05) is 13.7 Å². The van der Waals surface area contributed by atoms with Crippen molar-refractivity contribution in [1.29, 1.82) is 0 Å². The van der Waals surface area contributed by atoms with Gasteiger partial charge in [-0.1, -0.05) is 0 Å². The van der Waals surface area contributed by atoms with Gasteiger partial charge in [0, 0.05) is 13.0 Å². The van der Waals surface area contributed by atoms with Crippen LogP contribution in [0.4, 0.5) is 9.59 Å². The molecule has 0 aromatic heterocycles. The molecule has 0 radical (unpaired) electrons. The molecule has 1 N–H and O–H groups in total. The number of alkyl carbamates (subject to hydrolysis) is 1. The molecule has 1 aliphatic rings. The Morgan fingerprint density at radius 3 is 2.30 bits per heavy atom. The van der Waals surface area contributed by atoms with E-state index in [0.29, 0.717) is 0 Å². The highest BCUT2D eigenvalue weighted by Gasteiger charge is 2.43. The van der Waals surface area contributed by atoms with Gasteiger partial charge in [-0.2, -0.15) is 0 Å². The first kappa shape index (κ1) is 19.1. The molecule has 0 aromatic carbocycles. The Morgan fingerprint density at radius 1 is 1.22 bits per heavy atom. The van der Waals surface area contributed by atoms with Crippen LogP contribution in [0, 0.1) is 0 Å². The number of carbonyl (C=O) groups excluding carboxylic acids is 3. The average Bonchev–Trinajstić information content (AvgIpc) is 2.79. The van der Waals surface area contributed by atoms with Gasteiger partial charge in [-0.15, -0.1) is 0 Å². The summed E-state index contributed by atoms with van der Waals surface area (Å²) >= 11 is 0. The van der Waals surface area contributed by atoms with Gasteiger partial charge in [-0.05, 0) is 34.6 Å². The molecule has 0 bridgehead atoms. The molecule has 0 aliphatic carbocycles. The number of methoxy groups -OCH3 is 1. The van der Waals surface area contributed by atoms with Crippen LogP contribution in [0.3, 0.4) is 0 Å². The Labute approximate surface area is 136 Å². The number of carbonyl (C=O) groups is 3. The number of rotatable bonds is 3. The summed E-state index contributed by atoms with van der Waals surface area (Å²) in [6, 6.07) is -1.20. The van der Waals surface area contributed by atoms with Gasteiger partial charge in [0.25, 0.3) is 0 Å². The van der Waals surface area contributed by atoms with Crippen molar-refractivity contribution in [2.24, 2.45) is 0 Å². The van der Waals surface area contributed by atoms with Crippen molar-refractivity contribution in [3.05, 3.63) is 0 Å². The van der Waals surface area contributed by atoms with Crippen LogP contribution in [0.5, 0.6) is 0 Å². The molecule has 1 rings (SSSR count). The maximum atomic E-state index is 12.3. The molecule has 1 fully saturated rings. The quantitative estimate of drug-likeness (QED) is 0.625. The first-order valence-corrected chi connectivity index (χ1v) is 7.58. The minimum atomic E-state index is -0.797. The summed E-state index contributed by atoms with van der Waals surface area (Å²) in [5.41, 5.74) is -0.683. The summed E-state index contributed by atoms with van der Waals surface area (Å²) in [7, 11) is 1.25. The monoisotopic (exact) mass is 330 g/mol. The molecule has 8 heteroatoms. The Hall–Kier alpha value is -1.99. The van der Waals surface area contributed by atoms with Crippen LogP contribution in [0.25, 0.3) is 0 Å². The molecule has 0 spiro atoms. The van der Waals surface area contributed by atoms with Gasteiger partial charge in [-0.3, -0.25) is 4.90 Å². The molecule has 132 valence electrons. The number of nitrogens with one attached hydrogen (secondary N) is 1. The molecule has 0 aromatic rings. The Kier molecular flexibility index (Phi) is 6.23. The van der Waals surface area contributed by atoms with E-state index in [2.05, 4.69) is 10.1 Å². The second-order valence-corrected chi connectivity index (χ2v) is 6.70. The number of amides is 2. The van der Waals surface area contributed by atoms with Crippen LogP contribution in [-0.2, 0) is 19.0 Å². The van der Waals surface area contributed by atoms with Crippen LogP contribution in [0.2, 0.25) is 0 Å². The zero-order chi connectivity index (χ0) is 17.8. The molecule has 23 heavy (non-hydrogen) atoms. The van der Waals surface area contributed by atoms with E-state index in [1.165, 1.54) is 12.0 Å². The van der Waals surface area contributed by atoms with Gasteiger partial charge in [0.15, 0.2) is 0 Å². The summed E-state index contributed by atoms with van der Waals surface area (Å²) < 4.78 is 15.1. The van der Waals surface area contributed by atoms with Crippen LogP contribution >= 0.6 is 0 Å². The van der Waals surface area contributed by atoms with E-state index in [9.17, 15) is 14.4 Å². The normalized spacial score (nSPS) is 21.1. The molecule has 2 atom stereocenters. The number of hydrogen-bond donors (Lipinski definition) is 1. The molecule has 1 saturated heterocycles. The van der Waals surface area contributed by atoms with E-state index in [4.69, 9.17) is 9.47 Å².